The van der Waals surface area contributed by atoms with Crippen LogP contribution in [0.5, 0.6) is 0 Å². The van der Waals surface area contributed by atoms with E-state index in [-0.39, 0.29) is 0 Å². The molecule has 16 heavy (non-hydrogen) atoms. The highest BCUT2D eigenvalue weighted by Gasteiger charge is 2.03. The first-order chi connectivity index (χ1) is 7.65. The average Bonchev–Trinajstić information content (AvgIpc) is 2.63. The van der Waals surface area contributed by atoms with Crippen molar-refractivity contribution in [2.24, 2.45) is 0 Å². The van der Waals surface area contributed by atoms with Gasteiger partial charge in [-0.1, -0.05) is 0 Å². The minimum Gasteiger partial charge on any atom is -0.399 e. The number of hydrogen-bond donors (Lipinski definition) is 1. The Bertz CT molecular complexity index is 496. The molecule has 1 heterocycles. The summed E-state index contributed by atoms with van der Waals surface area (Å²) < 4.78 is 2.24. The van der Waals surface area contributed by atoms with Crippen LogP contribution in [0, 0.1) is 0 Å². The van der Waals surface area contributed by atoms with Crippen LogP contribution in [0.25, 0.3) is 0 Å². The summed E-state index contributed by atoms with van der Waals surface area (Å²) in [5, 5.41) is 2.17. The second-order valence-electron chi connectivity index (χ2n) is 3.24. The lowest BCUT2D eigenvalue weighted by Gasteiger charge is -2.04. The van der Waals surface area contributed by atoms with Crippen molar-refractivity contribution < 1.29 is 0 Å². The molecule has 0 aliphatic rings. The zero-order valence-electron chi connectivity index (χ0n) is 8.24. The molecule has 0 aliphatic carbocycles. The van der Waals surface area contributed by atoms with Gasteiger partial charge in [0.05, 0.1) is 3.79 Å². The van der Waals surface area contributed by atoms with E-state index in [9.17, 15) is 0 Å². The van der Waals surface area contributed by atoms with E-state index in [1.165, 1.54) is 14.2 Å². The largest absolute Gasteiger partial charge is 0.399 e. The molecule has 1 aromatic carbocycles. The highest BCUT2D eigenvalue weighted by atomic mass is 79.9. The standard InChI is InChI=1S/C11H9Br2NS2/c12-9-4-8(14)1-2-10(9)15-5-7-3-11(13)16-6-7/h1-4,6H,5,14H2. The van der Waals surface area contributed by atoms with Crippen molar-refractivity contribution in [1.29, 1.82) is 0 Å². The first kappa shape index (κ1) is 12.5. The van der Waals surface area contributed by atoms with Crippen LogP contribution in [-0.4, -0.2) is 0 Å². The number of thiophene rings is 1. The zero-order valence-corrected chi connectivity index (χ0v) is 13.0. The van der Waals surface area contributed by atoms with Crippen molar-refractivity contribution in [3.8, 4) is 0 Å². The van der Waals surface area contributed by atoms with Crippen molar-refractivity contribution in [2.45, 2.75) is 10.6 Å². The van der Waals surface area contributed by atoms with Crippen molar-refractivity contribution in [3.63, 3.8) is 0 Å². The number of halogens is 2. The van der Waals surface area contributed by atoms with Crippen molar-refractivity contribution in [2.75, 3.05) is 5.73 Å². The highest BCUT2D eigenvalue weighted by Crippen LogP contribution is 2.33. The molecule has 84 valence electrons. The van der Waals surface area contributed by atoms with Crippen molar-refractivity contribution in [1.82, 2.24) is 0 Å². The SMILES string of the molecule is Nc1ccc(SCc2csc(Br)c2)c(Br)c1. The molecular formula is C11H9Br2NS2. The van der Waals surface area contributed by atoms with Gasteiger partial charge in [0.1, 0.15) is 0 Å². The number of anilines is 1. The summed E-state index contributed by atoms with van der Waals surface area (Å²) in [5.41, 5.74) is 7.82. The average molecular weight is 379 g/mol. The van der Waals surface area contributed by atoms with Gasteiger partial charge in [0.2, 0.25) is 0 Å². The van der Waals surface area contributed by atoms with Gasteiger partial charge >= 0.3 is 0 Å². The molecule has 5 heteroatoms. The van der Waals surface area contributed by atoms with Crippen LogP contribution in [0.3, 0.4) is 0 Å². The fraction of sp³-hybridized carbons (Fsp3) is 0.0909. The van der Waals surface area contributed by atoms with E-state index < -0.39 is 0 Å². The molecule has 1 nitrogen and oxygen atoms in total. The van der Waals surface area contributed by atoms with E-state index >= 15 is 0 Å². The molecule has 0 atom stereocenters. The van der Waals surface area contributed by atoms with Crippen LogP contribution in [0.15, 0.2) is 42.8 Å². The Morgan fingerprint density at radius 1 is 1.25 bits per heavy atom. The molecule has 0 saturated carbocycles. The lowest BCUT2D eigenvalue weighted by atomic mass is 10.3. The van der Waals surface area contributed by atoms with E-state index in [4.69, 9.17) is 5.73 Å². The number of hydrogen-bond acceptors (Lipinski definition) is 3. The number of nitrogen functional groups attached to an aromatic ring is 1. The number of nitrogens with two attached hydrogens (primary N) is 1. The molecule has 2 rings (SSSR count). The Balaban J connectivity index is 2.04. The lowest BCUT2D eigenvalue weighted by molar-refractivity contribution is 1.37. The van der Waals surface area contributed by atoms with Crippen LogP contribution in [-0.2, 0) is 5.75 Å². The number of benzene rings is 1. The summed E-state index contributed by atoms with van der Waals surface area (Å²) in [6.07, 6.45) is 0. The van der Waals surface area contributed by atoms with Gasteiger partial charge in [0.25, 0.3) is 0 Å². The molecule has 1 aromatic heterocycles. The minimum absolute atomic E-state index is 0.787. The van der Waals surface area contributed by atoms with Gasteiger partial charge < -0.3 is 5.73 Å². The molecule has 0 fully saturated rings. The lowest BCUT2D eigenvalue weighted by Crippen LogP contribution is -1.85. The summed E-state index contributed by atoms with van der Waals surface area (Å²) in [6.45, 7) is 0. The monoisotopic (exact) mass is 377 g/mol. The van der Waals surface area contributed by atoms with Gasteiger partial charge in [0.15, 0.2) is 0 Å². The molecule has 0 aliphatic heterocycles. The predicted octanol–water partition coefficient (Wildman–Crippen LogP) is 5.15. The van der Waals surface area contributed by atoms with Crippen LogP contribution < -0.4 is 5.73 Å². The molecule has 0 radical (unpaired) electrons. The Morgan fingerprint density at radius 2 is 2.06 bits per heavy atom. The van der Waals surface area contributed by atoms with Gasteiger partial charge in [0, 0.05) is 20.8 Å². The normalized spacial score (nSPS) is 10.6. The minimum atomic E-state index is 0.787. The van der Waals surface area contributed by atoms with E-state index in [1.54, 1.807) is 23.1 Å². The van der Waals surface area contributed by atoms with E-state index in [1.807, 2.05) is 18.2 Å². The third kappa shape index (κ3) is 3.26. The molecule has 0 bridgehead atoms. The first-order valence-corrected chi connectivity index (χ1v) is 8.01. The smallest absolute Gasteiger partial charge is 0.0701 e. The third-order valence-electron chi connectivity index (χ3n) is 1.97. The Labute approximate surface area is 120 Å². The zero-order chi connectivity index (χ0) is 11.5. The van der Waals surface area contributed by atoms with Crippen LogP contribution in [0.2, 0.25) is 0 Å². The summed E-state index contributed by atoms with van der Waals surface area (Å²) in [6, 6.07) is 8.07. The van der Waals surface area contributed by atoms with Crippen molar-refractivity contribution >= 4 is 60.6 Å². The molecule has 0 unspecified atom stereocenters. The topological polar surface area (TPSA) is 26.0 Å². The molecule has 2 N–H and O–H groups in total. The second-order valence-corrected chi connectivity index (χ2v) is 7.40. The summed E-state index contributed by atoms with van der Waals surface area (Å²) in [7, 11) is 0. The van der Waals surface area contributed by atoms with E-state index in [0.717, 1.165) is 15.9 Å². The maximum atomic E-state index is 5.69. The van der Waals surface area contributed by atoms with E-state index in [0.29, 0.717) is 0 Å². The Morgan fingerprint density at radius 3 is 2.69 bits per heavy atom. The van der Waals surface area contributed by atoms with Gasteiger partial charge in [-0.3, -0.25) is 0 Å². The maximum Gasteiger partial charge on any atom is 0.0701 e. The van der Waals surface area contributed by atoms with Crippen LogP contribution in [0.1, 0.15) is 5.56 Å². The fourth-order valence-corrected chi connectivity index (χ4v) is 4.12. The van der Waals surface area contributed by atoms with Crippen molar-refractivity contribution in [3.05, 3.63) is 43.5 Å². The van der Waals surface area contributed by atoms with E-state index in [2.05, 4.69) is 43.3 Å². The van der Waals surface area contributed by atoms with Crippen LogP contribution >= 0.6 is 55.0 Å². The predicted molar refractivity (Wildman–Crippen MR) is 80.1 cm³/mol. The number of thioether (sulfide) groups is 1. The van der Waals surface area contributed by atoms with Gasteiger partial charge in [-0.05, 0) is 67.1 Å². The molecule has 0 saturated heterocycles. The molecular weight excluding hydrogens is 370 g/mol. The third-order valence-corrected chi connectivity index (χ3v) is 5.59. The summed E-state index contributed by atoms with van der Waals surface area (Å²) in [4.78, 5) is 1.22. The summed E-state index contributed by atoms with van der Waals surface area (Å²) in [5.74, 6) is 0.977. The van der Waals surface area contributed by atoms with Crippen LogP contribution in [0.4, 0.5) is 5.69 Å². The fourth-order valence-electron chi connectivity index (χ4n) is 1.22. The maximum absolute atomic E-state index is 5.69. The Kier molecular flexibility index (Phi) is 4.35. The highest BCUT2D eigenvalue weighted by molar-refractivity contribution is 9.11. The second kappa shape index (κ2) is 5.58. The molecule has 0 spiro atoms. The van der Waals surface area contributed by atoms with Gasteiger partial charge in [-0.25, -0.2) is 0 Å². The van der Waals surface area contributed by atoms with Gasteiger partial charge in [-0.2, -0.15) is 0 Å². The Hall–Kier alpha value is 0.0300. The molecule has 2 aromatic rings. The van der Waals surface area contributed by atoms with Gasteiger partial charge in [-0.15, -0.1) is 23.1 Å². The quantitative estimate of drug-likeness (QED) is 0.590. The molecule has 0 amide bonds. The number of rotatable bonds is 3. The summed E-state index contributed by atoms with van der Waals surface area (Å²) >= 11 is 10.5. The first-order valence-electron chi connectivity index (χ1n) is 4.56.